The Hall–Kier alpha value is -2.71. The average Bonchev–Trinajstić information content (AvgIpc) is 3.18. The highest BCUT2D eigenvalue weighted by Crippen LogP contribution is 2.29. The minimum absolute atomic E-state index is 0.510. The molecule has 1 fully saturated rings. The number of benzene rings is 2. The molecule has 0 amide bonds. The third kappa shape index (κ3) is 5.02. The SMILES string of the molecule is FC(F)(F)c1cccc(CN2CCN(Cc3nc(-c4ccccc4)no3)CC2)c1. The highest BCUT2D eigenvalue weighted by Gasteiger charge is 2.30. The second-order valence-electron chi connectivity index (χ2n) is 7.13. The summed E-state index contributed by atoms with van der Waals surface area (Å²) < 4.78 is 44.0. The van der Waals surface area contributed by atoms with Crippen LogP contribution in [0.15, 0.2) is 59.1 Å². The third-order valence-corrected chi connectivity index (χ3v) is 4.98. The monoisotopic (exact) mass is 402 g/mol. The molecule has 0 spiro atoms. The molecule has 0 bridgehead atoms. The van der Waals surface area contributed by atoms with Crippen molar-refractivity contribution in [3.63, 3.8) is 0 Å². The van der Waals surface area contributed by atoms with Gasteiger partial charge in [-0.1, -0.05) is 53.7 Å². The van der Waals surface area contributed by atoms with Gasteiger partial charge in [0.25, 0.3) is 0 Å². The molecule has 1 saturated heterocycles. The molecule has 8 heteroatoms. The van der Waals surface area contributed by atoms with Crippen LogP contribution in [-0.2, 0) is 19.3 Å². The predicted octanol–water partition coefficient (Wildman–Crippen LogP) is 4.07. The molecule has 0 radical (unpaired) electrons. The zero-order chi connectivity index (χ0) is 20.3. The molecule has 0 unspecified atom stereocenters. The lowest BCUT2D eigenvalue weighted by Gasteiger charge is -2.34. The zero-order valence-electron chi connectivity index (χ0n) is 15.8. The Bertz CT molecular complexity index is 934. The summed E-state index contributed by atoms with van der Waals surface area (Å²) in [5.74, 6) is 1.14. The Morgan fingerprint density at radius 1 is 0.862 bits per heavy atom. The number of rotatable bonds is 5. The van der Waals surface area contributed by atoms with E-state index < -0.39 is 11.7 Å². The minimum atomic E-state index is -4.31. The van der Waals surface area contributed by atoms with Gasteiger partial charge in [0.2, 0.25) is 11.7 Å². The first-order chi connectivity index (χ1) is 14.0. The van der Waals surface area contributed by atoms with Gasteiger partial charge in [-0.3, -0.25) is 9.80 Å². The number of hydrogen-bond acceptors (Lipinski definition) is 5. The standard InChI is InChI=1S/C21H21F3N4O/c22-21(23,24)18-8-4-5-16(13-18)14-27-9-11-28(12-10-27)15-19-25-20(26-29-19)17-6-2-1-3-7-17/h1-8,13H,9-12,14-15H2. The van der Waals surface area contributed by atoms with Crippen molar-refractivity contribution in [2.75, 3.05) is 26.2 Å². The molecule has 152 valence electrons. The fourth-order valence-corrected chi connectivity index (χ4v) is 3.42. The van der Waals surface area contributed by atoms with Gasteiger partial charge in [0.15, 0.2) is 0 Å². The third-order valence-electron chi connectivity index (χ3n) is 4.98. The second-order valence-corrected chi connectivity index (χ2v) is 7.13. The van der Waals surface area contributed by atoms with Gasteiger partial charge in [-0.25, -0.2) is 0 Å². The number of piperazine rings is 1. The number of hydrogen-bond donors (Lipinski definition) is 0. The Balaban J connectivity index is 1.30. The molecule has 5 nitrogen and oxygen atoms in total. The molecule has 1 aliphatic rings. The van der Waals surface area contributed by atoms with E-state index >= 15 is 0 Å². The van der Waals surface area contributed by atoms with Gasteiger partial charge in [0.05, 0.1) is 12.1 Å². The summed E-state index contributed by atoms with van der Waals surface area (Å²) in [6.45, 7) is 4.21. The Morgan fingerprint density at radius 3 is 2.24 bits per heavy atom. The molecule has 1 aromatic heterocycles. The van der Waals surface area contributed by atoms with Crippen LogP contribution in [0.25, 0.3) is 11.4 Å². The van der Waals surface area contributed by atoms with Crippen molar-refractivity contribution in [3.05, 3.63) is 71.6 Å². The number of halogens is 3. The van der Waals surface area contributed by atoms with Gasteiger partial charge in [0, 0.05) is 38.3 Å². The van der Waals surface area contributed by atoms with Crippen molar-refractivity contribution in [1.29, 1.82) is 0 Å². The van der Waals surface area contributed by atoms with E-state index in [0.29, 0.717) is 30.4 Å². The van der Waals surface area contributed by atoms with Gasteiger partial charge in [0.1, 0.15) is 0 Å². The maximum atomic E-state index is 12.9. The van der Waals surface area contributed by atoms with E-state index in [1.807, 2.05) is 30.3 Å². The molecular formula is C21H21F3N4O. The van der Waals surface area contributed by atoms with E-state index in [4.69, 9.17) is 4.52 Å². The Labute approximate surface area is 166 Å². The fraction of sp³-hybridized carbons (Fsp3) is 0.333. The normalized spacial score (nSPS) is 16.2. The average molecular weight is 402 g/mol. The van der Waals surface area contributed by atoms with Crippen molar-refractivity contribution in [1.82, 2.24) is 19.9 Å². The van der Waals surface area contributed by atoms with Crippen LogP contribution in [0, 0.1) is 0 Å². The van der Waals surface area contributed by atoms with Crippen LogP contribution in [0.5, 0.6) is 0 Å². The molecule has 1 aliphatic heterocycles. The smallest absolute Gasteiger partial charge is 0.338 e. The fourth-order valence-electron chi connectivity index (χ4n) is 3.42. The summed E-state index contributed by atoms with van der Waals surface area (Å²) >= 11 is 0. The van der Waals surface area contributed by atoms with E-state index in [9.17, 15) is 13.2 Å². The maximum absolute atomic E-state index is 12.9. The van der Waals surface area contributed by atoms with Gasteiger partial charge in [-0.15, -0.1) is 0 Å². The number of nitrogens with zero attached hydrogens (tertiary/aromatic N) is 4. The Kier molecular flexibility index (Phi) is 5.64. The molecule has 4 rings (SSSR count). The first-order valence-electron chi connectivity index (χ1n) is 9.46. The first kappa shape index (κ1) is 19.6. The van der Waals surface area contributed by atoms with Gasteiger partial charge in [-0.05, 0) is 11.6 Å². The van der Waals surface area contributed by atoms with Crippen molar-refractivity contribution >= 4 is 0 Å². The molecule has 2 aromatic carbocycles. The van der Waals surface area contributed by atoms with E-state index in [1.54, 1.807) is 6.07 Å². The first-order valence-corrected chi connectivity index (χ1v) is 9.46. The molecule has 2 heterocycles. The summed E-state index contributed by atoms with van der Waals surface area (Å²) in [5, 5.41) is 4.04. The topological polar surface area (TPSA) is 45.4 Å². The van der Waals surface area contributed by atoms with Crippen molar-refractivity contribution in [2.24, 2.45) is 0 Å². The second kappa shape index (κ2) is 8.34. The van der Waals surface area contributed by atoms with Crippen LogP contribution in [0.2, 0.25) is 0 Å². The van der Waals surface area contributed by atoms with E-state index in [2.05, 4.69) is 19.9 Å². The van der Waals surface area contributed by atoms with Gasteiger partial charge < -0.3 is 4.52 Å². The summed E-state index contributed by atoms with van der Waals surface area (Å²) in [5.41, 5.74) is 0.991. The lowest BCUT2D eigenvalue weighted by molar-refractivity contribution is -0.137. The largest absolute Gasteiger partial charge is 0.416 e. The lowest BCUT2D eigenvalue weighted by Crippen LogP contribution is -2.45. The van der Waals surface area contributed by atoms with Crippen molar-refractivity contribution < 1.29 is 17.7 Å². The van der Waals surface area contributed by atoms with E-state index in [-0.39, 0.29) is 0 Å². The summed E-state index contributed by atoms with van der Waals surface area (Å²) in [6.07, 6.45) is -4.31. The minimum Gasteiger partial charge on any atom is -0.338 e. The quantitative estimate of drug-likeness (QED) is 0.644. The predicted molar refractivity (Wildman–Crippen MR) is 102 cm³/mol. The van der Waals surface area contributed by atoms with Crippen LogP contribution in [0.1, 0.15) is 17.0 Å². The van der Waals surface area contributed by atoms with Crippen LogP contribution < -0.4 is 0 Å². The molecule has 0 aliphatic carbocycles. The molecule has 0 saturated carbocycles. The molecular weight excluding hydrogens is 381 g/mol. The van der Waals surface area contributed by atoms with Crippen molar-refractivity contribution in [3.8, 4) is 11.4 Å². The van der Waals surface area contributed by atoms with Gasteiger partial charge in [-0.2, -0.15) is 18.2 Å². The van der Waals surface area contributed by atoms with Crippen LogP contribution in [0.4, 0.5) is 13.2 Å². The van der Waals surface area contributed by atoms with Gasteiger partial charge >= 0.3 is 6.18 Å². The summed E-state index contributed by atoms with van der Waals surface area (Å²) in [4.78, 5) is 8.83. The highest BCUT2D eigenvalue weighted by atomic mass is 19.4. The molecule has 29 heavy (non-hydrogen) atoms. The summed E-state index contributed by atoms with van der Waals surface area (Å²) in [7, 11) is 0. The highest BCUT2D eigenvalue weighted by molar-refractivity contribution is 5.53. The van der Waals surface area contributed by atoms with Crippen LogP contribution >= 0.6 is 0 Å². The number of alkyl halides is 3. The zero-order valence-corrected chi connectivity index (χ0v) is 15.8. The van der Waals surface area contributed by atoms with Crippen LogP contribution in [0.3, 0.4) is 0 Å². The lowest BCUT2D eigenvalue weighted by atomic mass is 10.1. The van der Waals surface area contributed by atoms with E-state index in [1.165, 1.54) is 12.1 Å². The molecule has 0 atom stereocenters. The molecule has 3 aromatic rings. The summed E-state index contributed by atoms with van der Waals surface area (Å²) in [6, 6.07) is 15.2. The molecule has 0 N–H and O–H groups in total. The van der Waals surface area contributed by atoms with Crippen LogP contribution in [-0.4, -0.2) is 46.1 Å². The Morgan fingerprint density at radius 2 is 1.55 bits per heavy atom. The number of aromatic nitrogens is 2. The van der Waals surface area contributed by atoms with Crippen molar-refractivity contribution in [2.45, 2.75) is 19.3 Å². The van der Waals surface area contributed by atoms with E-state index in [0.717, 1.165) is 37.8 Å². The maximum Gasteiger partial charge on any atom is 0.416 e.